The SMILES string of the molecule is CC(C)[C@H](CC(=O)[C@@H](NC(=O)/C=C/c1ccc(Cl)cc1)c1ccccc1)C(=O)C(F)(F)C(=O)NCC(F)(F)F. The van der Waals surface area contributed by atoms with Gasteiger partial charge in [-0.3, -0.25) is 19.2 Å². The van der Waals surface area contributed by atoms with Gasteiger partial charge in [-0.25, -0.2) is 0 Å². The van der Waals surface area contributed by atoms with E-state index in [1.807, 2.05) is 0 Å². The third-order valence-electron chi connectivity index (χ3n) is 5.65. The molecule has 0 saturated heterocycles. The summed E-state index contributed by atoms with van der Waals surface area (Å²) < 4.78 is 66.1. The summed E-state index contributed by atoms with van der Waals surface area (Å²) in [5, 5.41) is 3.99. The molecule has 0 aliphatic heterocycles. The minimum atomic E-state index is -4.97. The average molecular weight is 573 g/mol. The summed E-state index contributed by atoms with van der Waals surface area (Å²) in [5.41, 5.74) is 0.939. The number of hydrogen-bond acceptors (Lipinski definition) is 4. The normalized spacial score (nSPS) is 13.7. The first-order chi connectivity index (χ1) is 18.1. The van der Waals surface area contributed by atoms with Crippen molar-refractivity contribution in [3.05, 3.63) is 76.8 Å². The lowest BCUT2D eigenvalue weighted by Crippen LogP contribution is -2.51. The van der Waals surface area contributed by atoms with Gasteiger partial charge in [0.15, 0.2) is 5.78 Å². The second kappa shape index (κ2) is 13.5. The standard InChI is InChI=1S/C27H26ClF5N2O4/c1-16(2)20(24(38)27(32,33)25(39)34-15-26(29,30)31)14-21(36)23(18-6-4-3-5-7-18)35-22(37)13-10-17-8-11-19(28)12-9-17/h3-13,16,20,23H,14-15H2,1-2H3,(H,34,39)(H,35,37)/b13-10+/t20-,23-/m0/s1. The highest BCUT2D eigenvalue weighted by Crippen LogP contribution is 2.30. The zero-order valence-electron chi connectivity index (χ0n) is 20.9. The Morgan fingerprint density at radius 3 is 2.05 bits per heavy atom. The fraction of sp³-hybridized carbons (Fsp3) is 0.333. The van der Waals surface area contributed by atoms with Crippen LogP contribution in [0.15, 0.2) is 60.7 Å². The van der Waals surface area contributed by atoms with Crippen molar-refractivity contribution >= 4 is 41.1 Å². The molecule has 0 unspecified atom stereocenters. The van der Waals surface area contributed by atoms with Crippen molar-refractivity contribution < 1.29 is 41.1 Å². The second-order valence-electron chi connectivity index (χ2n) is 8.99. The third kappa shape index (κ3) is 9.58. The highest BCUT2D eigenvalue weighted by Gasteiger charge is 2.51. The van der Waals surface area contributed by atoms with Gasteiger partial charge in [0.1, 0.15) is 12.6 Å². The minimum Gasteiger partial charge on any atom is -0.341 e. The van der Waals surface area contributed by atoms with Crippen LogP contribution >= 0.6 is 11.6 Å². The van der Waals surface area contributed by atoms with Crippen molar-refractivity contribution in [3.8, 4) is 0 Å². The van der Waals surface area contributed by atoms with Crippen LogP contribution in [0.5, 0.6) is 0 Å². The zero-order valence-corrected chi connectivity index (χ0v) is 21.7. The summed E-state index contributed by atoms with van der Waals surface area (Å²) in [4.78, 5) is 50.2. The molecule has 0 aromatic heterocycles. The van der Waals surface area contributed by atoms with Gasteiger partial charge < -0.3 is 10.6 Å². The molecule has 0 saturated carbocycles. The number of Topliss-reactive ketones (excluding diaryl/α,β-unsaturated/α-hetero) is 2. The van der Waals surface area contributed by atoms with Crippen LogP contribution in [0.4, 0.5) is 22.0 Å². The van der Waals surface area contributed by atoms with Crippen LogP contribution in [0, 0.1) is 11.8 Å². The fourth-order valence-electron chi connectivity index (χ4n) is 3.53. The summed E-state index contributed by atoms with van der Waals surface area (Å²) in [5.74, 6) is -13.3. The second-order valence-corrected chi connectivity index (χ2v) is 9.43. The molecule has 39 heavy (non-hydrogen) atoms. The van der Waals surface area contributed by atoms with E-state index in [-0.39, 0.29) is 0 Å². The Labute approximate surface area is 226 Å². The molecular weight excluding hydrogens is 547 g/mol. The van der Waals surface area contributed by atoms with Crippen LogP contribution in [0.2, 0.25) is 5.02 Å². The average Bonchev–Trinajstić information content (AvgIpc) is 2.87. The van der Waals surface area contributed by atoms with E-state index in [2.05, 4.69) is 5.32 Å². The number of carbonyl (C=O) groups is 4. The zero-order chi connectivity index (χ0) is 29.4. The van der Waals surface area contributed by atoms with Crippen LogP contribution in [0.1, 0.15) is 37.4 Å². The highest BCUT2D eigenvalue weighted by molar-refractivity contribution is 6.30. The topological polar surface area (TPSA) is 92.3 Å². The monoisotopic (exact) mass is 572 g/mol. The van der Waals surface area contributed by atoms with Gasteiger partial charge in [-0.2, -0.15) is 22.0 Å². The van der Waals surface area contributed by atoms with Gasteiger partial charge in [-0.15, -0.1) is 0 Å². The van der Waals surface area contributed by atoms with E-state index in [1.54, 1.807) is 42.5 Å². The van der Waals surface area contributed by atoms with Crippen LogP contribution in [0.3, 0.4) is 0 Å². The molecule has 2 rings (SSSR count). The van der Waals surface area contributed by atoms with E-state index >= 15 is 0 Å². The molecule has 0 aliphatic rings. The smallest absolute Gasteiger partial charge is 0.341 e. The molecule has 0 fully saturated rings. The van der Waals surface area contributed by atoms with Gasteiger partial charge in [0.05, 0.1) is 0 Å². The number of nitrogens with one attached hydrogen (secondary N) is 2. The van der Waals surface area contributed by atoms with E-state index in [9.17, 15) is 41.1 Å². The van der Waals surface area contributed by atoms with Crippen molar-refractivity contribution in [2.24, 2.45) is 11.8 Å². The lowest BCUT2D eigenvalue weighted by Gasteiger charge is -2.26. The summed E-state index contributed by atoms with van der Waals surface area (Å²) in [6.07, 6.45) is -3.17. The lowest BCUT2D eigenvalue weighted by molar-refractivity contribution is -0.167. The predicted octanol–water partition coefficient (Wildman–Crippen LogP) is 5.33. The first-order valence-corrected chi connectivity index (χ1v) is 12.1. The number of ketones is 2. The molecule has 210 valence electrons. The van der Waals surface area contributed by atoms with Gasteiger partial charge in [-0.1, -0.05) is 67.9 Å². The Balaban J connectivity index is 2.24. The van der Waals surface area contributed by atoms with Crippen LogP contribution < -0.4 is 10.6 Å². The van der Waals surface area contributed by atoms with Gasteiger partial charge >= 0.3 is 12.1 Å². The quantitative estimate of drug-likeness (QED) is 0.204. The van der Waals surface area contributed by atoms with Crippen LogP contribution in [0.25, 0.3) is 6.08 Å². The maximum atomic E-state index is 14.5. The lowest BCUT2D eigenvalue weighted by atomic mass is 9.82. The first kappa shape index (κ1) is 31.6. The number of rotatable bonds is 12. The molecule has 2 atom stereocenters. The molecule has 6 nitrogen and oxygen atoms in total. The Kier molecular flexibility index (Phi) is 10.9. The predicted molar refractivity (Wildman–Crippen MR) is 135 cm³/mol. The minimum absolute atomic E-state index is 0.306. The van der Waals surface area contributed by atoms with Gasteiger partial charge in [0.25, 0.3) is 5.91 Å². The Hall–Kier alpha value is -3.60. The van der Waals surface area contributed by atoms with Crippen molar-refractivity contribution in [1.29, 1.82) is 0 Å². The molecule has 2 aromatic carbocycles. The number of hydrogen-bond donors (Lipinski definition) is 2. The number of benzene rings is 2. The van der Waals surface area contributed by atoms with E-state index in [1.165, 1.54) is 32.1 Å². The van der Waals surface area contributed by atoms with E-state index in [4.69, 9.17) is 11.6 Å². The maximum absolute atomic E-state index is 14.5. The summed E-state index contributed by atoms with van der Waals surface area (Å²) in [7, 11) is 0. The Bertz CT molecular complexity index is 1200. The van der Waals surface area contributed by atoms with Crippen molar-refractivity contribution in [2.45, 2.75) is 38.4 Å². The number of amides is 2. The summed E-state index contributed by atoms with van der Waals surface area (Å²) >= 11 is 5.83. The first-order valence-electron chi connectivity index (χ1n) is 11.7. The molecule has 0 radical (unpaired) electrons. The number of alkyl halides is 5. The molecule has 2 aromatic rings. The van der Waals surface area contributed by atoms with Gasteiger partial charge in [0, 0.05) is 23.4 Å². The Morgan fingerprint density at radius 1 is 0.923 bits per heavy atom. The van der Waals surface area contributed by atoms with Crippen LogP contribution in [-0.4, -0.2) is 42.0 Å². The van der Waals surface area contributed by atoms with Gasteiger partial charge in [0.2, 0.25) is 11.7 Å². The molecule has 0 heterocycles. The molecule has 0 bridgehead atoms. The molecule has 0 aliphatic carbocycles. The van der Waals surface area contributed by atoms with Crippen LogP contribution in [-0.2, 0) is 19.2 Å². The largest absolute Gasteiger partial charge is 0.405 e. The molecule has 0 spiro atoms. The van der Waals surface area contributed by atoms with Crippen molar-refractivity contribution in [3.63, 3.8) is 0 Å². The molecular formula is C27H26ClF5N2O4. The maximum Gasteiger partial charge on any atom is 0.405 e. The van der Waals surface area contributed by atoms with E-state index < -0.39 is 66.3 Å². The van der Waals surface area contributed by atoms with E-state index in [0.717, 1.165) is 11.4 Å². The summed E-state index contributed by atoms with van der Waals surface area (Å²) in [6, 6.07) is 13.0. The van der Waals surface area contributed by atoms with E-state index in [0.29, 0.717) is 16.1 Å². The summed E-state index contributed by atoms with van der Waals surface area (Å²) in [6.45, 7) is 0.653. The number of carbonyl (C=O) groups excluding carboxylic acids is 4. The highest BCUT2D eigenvalue weighted by atomic mass is 35.5. The number of halogens is 6. The third-order valence-corrected chi connectivity index (χ3v) is 5.90. The Morgan fingerprint density at radius 2 is 1.51 bits per heavy atom. The van der Waals surface area contributed by atoms with Gasteiger partial charge in [-0.05, 0) is 35.3 Å². The fourth-order valence-corrected chi connectivity index (χ4v) is 3.66. The molecule has 12 heteroatoms. The molecule has 2 N–H and O–H groups in total. The van der Waals surface area contributed by atoms with Crippen molar-refractivity contribution in [1.82, 2.24) is 10.6 Å². The molecule has 2 amide bonds. The van der Waals surface area contributed by atoms with Crippen molar-refractivity contribution in [2.75, 3.05) is 6.54 Å².